The fourth-order valence-corrected chi connectivity index (χ4v) is 16.8. The average molecular weight is 685 g/mol. The fourth-order valence-electron chi connectivity index (χ4n) is 10.2. The highest BCUT2D eigenvalue weighted by Crippen LogP contribution is 2.56. The first kappa shape index (κ1) is 28.5. The number of benzene rings is 7. The number of hydrogen-bond acceptors (Lipinski definition) is 3. The average Bonchev–Trinajstić information content (AvgIpc) is 3.45. The first-order valence-corrected chi connectivity index (χ1v) is 20.9. The molecule has 5 aliphatic rings. The van der Waals surface area contributed by atoms with Crippen LogP contribution in [0, 0.1) is 0 Å². The maximum Gasteiger partial charge on any atom is 0.333 e. The lowest BCUT2D eigenvalue weighted by Gasteiger charge is -2.52. The molecular weight excluding hydrogens is 651 g/mol. The number of rotatable bonds is 0. The minimum absolute atomic E-state index is 0.0250. The minimum Gasteiger partial charge on any atom is -0.374 e. The second-order valence-corrected chi connectivity index (χ2v) is 20.4. The summed E-state index contributed by atoms with van der Waals surface area (Å²) in [6.07, 6.45) is 0. The zero-order valence-corrected chi connectivity index (χ0v) is 30.6. The van der Waals surface area contributed by atoms with Crippen molar-refractivity contribution in [1.29, 1.82) is 0 Å². The van der Waals surface area contributed by atoms with E-state index in [1.165, 1.54) is 97.7 Å². The van der Waals surface area contributed by atoms with E-state index in [1.807, 2.05) is 11.8 Å². The minimum atomic E-state index is -2.70. The van der Waals surface area contributed by atoms with Crippen LogP contribution in [-0.2, 0) is 5.41 Å². The zero-order valence-electron chi connectivity index (χ0n) is 28.7. The van der Waals surface area contributed by atoms with Gasteiger partial charge in [-0.3, -0.25) is 0 Å². The standard InChI is InChI=1S/C46H33BN2SSi/c1-46(2,3)28-26-32-31-16-12-21-38-44(31)49(34-18-6-8-20-37(34)50-38)47-33-17-13-25-42-45(33)48(36(27-28)43(32)47)35-19-7-11-24-41(35)51(42)39-22-9-4-14-29(39)30-15-5-10-23-40(30)51/h4-27H,1-3H3. The second-order valence-electron chi connectivity index (χ2n) is 15.6. The van der Waals surface area contributed by atoms with Gasteiger partial charge in [-0.2, -0.15) is 0 Å². The molecule has 7 aromatic rings. The molecule has 0 radical (unpaired) electrons. The van der Waals surface area contributed by atoms with Crippen molar-refractivity contribution in [3.8, 4) is 22.3 Å². The lowest BCUT2D eigenvalue weighted by atomic mass is 9.43. The Bertz CT molecular complexity index is 2670. The molecule has 51 heavy (non-hydrogen) atoms. The van der Waals surface area contributed by atoms with E-state index in [0.717, 1.165) is 0 Å². The first-order valence-electron chi connectivity index (χ1n) is 18.1. The second kappa shape index (κ2) is 9.55. The maximum atomic E-state index is 2.71. The van der Waals surface area contributed by atoms with Gasteiger partial charge in [0.2, 0.25) is 0 Å². The summed E-state index contributed by atoms with van der Waals surface area (Å²) in [5, 5.41) is 6.01. The summed E-state index contributed by atoms with van der Waals surface area (Å²) in [5.41, 5.74) is 16.4. The molecule has 0 aromatic heterocycles. The van der Waals surface area contributed by atoms with Gasteiger partial charge in [-0.05, 0) is 89.7 Å². The summed E-state index contributed by atoms with van der Waals surface area (Å²) < 4.78 is 0. The third kappa shape index (κ3) is 3.33. The third-order valence-electron chi connectivity index (χ3n) is 12.2. The van der Waals surface area contributed by atoms with Crippen molar-refractivity contribution >= 4 is 86.8 Å². The van der Waals surface area contributed by atoms with Crippen LogP contribution in [0.1, 0.15) is 26.3 Å². The van der Waals surface area contributed by atoms with Crippen LogP contribution in [0.5, 0.6) is 0 Å². The molecule has 0 amide bonds. The van der Waals surface area contributed by atoms with Crippen LogP contribution in [0.2, 0.25) is 0 Å². The van der Waals surface area contributed by atoms with Crippen LogP contribution in [0.25, 0.3) is 22.3 Å². The molecular formula is C46H33BN2SSi. The molecule has 1 spiro atoms. The van der Waals surface area contributed by atoms with E-state index >= 15 is 0 Å². The molecule has 0 bridgehead atoms. The van der Waals surface area contributed by atoms with E-state index in [4.69, 9.17) is 0 Å². The van der Waals surface area contributed by atoms with Crippen molar-refractivity contribution in [2.45, 2.75) is 36.0 Å². The smallest absolute Gasteiger partial charge is 0.333 e. The number of anilines is 5. The van der Waals surface area contributed by atoms with Crippen molar-refractivity contribution in [3.63, 3.8) is 0 Å². The lowest BCUT2D eigenvalue weighted by Crippen LogP contribution is -2.77. The Morgan fingerprint density at radius 1 is 0.510 bits per heavy atom. The molecule has 240 valence electrons. The Morgan fingerprint density at radius 2 is 1.12 bits per heavy atom. The van der Waals surface area contributed by atoms with Crippen LogP contribution in [0.15, 0.2) is 155 Å². The normalized spacial score (nSPS) is 15.7. The Kier molecular flexibility index (Phi) is 5.33. The van der Waals surface area contributed by atoms with Gasteiger partial charge in [0.1, 0.15) is 0 Å². The topological polar surface area (TPSA) is 6.48 Å². The van der Waals surface area contributed by atoms with Crippen LogP contribution in [-0.4, -0.2) is 14.9 Å². The third-order valence-corrected chi connectivity index (χ3v) is 18.2. The summed E-state index contributed by atoms with van der Waals surface area (Å²) >= 11 is 1.91. The largest absolute Gasteiger partial charge is 0.374 e. The van der Waals surface area contributed by atoms with E-state index in [2.05, 4.69) is 176 Å². The highest BCUT2D eigenvalue weighted by molar-refractivity contribution is 7.99. The fraction of sp³-hybridized carbons (Fsp3) is 0.0870. The van der Waals surface area contributed by atoms with Crippen molar-refractivity contribution in [1.82, 2.24) is 0 Å². The Labute approximate surface area is 304 Å². The molecule has 5 aliphatic heterocycles. The van der Waals surface area contributed by atoms with Crippen molar-refractivity contribution < 1.29 is 0 Å². The Morgan fingerprint density at radius 3 is 1.88 bits per heavy atom. The van der Waals surface area contributed by atoms with Gasteiger partial charge in [-0.25, -0.2) is 0 Å². The van der Waals surface area contributed by atoms with E-state index in [-0.39, 0.29) is 12.3 Å². The molecule has 0 saturated carbocycles. The van der Waals surface area contributed by atoms with Crippen LogP contribution in [0.3, 0.4) is 0 Å². The van der Waals surface area contributed by atoms with Crippen molar-refractivity contribution in [2.75, 3.05) is 9.71 Å². The van der Waals surface area contributed by atoms with Crippen LogP contribution >= 0.6 is 11.8 Å². The number of fused-ring (bicyclic) bond motifs is 15. The number of para-hydroxylation sites is 4. The molecule has 7 aromatic carbocycles. The highest BCUT2D eigenvalue weighted by atomic mass is 32.2. The van der Waals surface area contributed by atoms with Gasteiger partial charge in [0.25, 0.3) is 0 Å². The molecule has 5 heteroatoms. The Hall–Kier alpha value is -5.23. The molecule has 12 rings (SSSR count). The van der Waals surface area contributed by atoms with Gasteiger partial charge >= 0.3 is 6.85 Å². The van der Waals surface area contributed by atoms with Crippen LogP contribution in [0.4, 0.5) is 28.4 Å². The zero-order chi connectivity index (χ0) is 33.8. The molecule has 0 atom stereocenters. The summed E-state index contributed by atoms with van der Waals surface area (Å²) in [7, 11) is -2.70. The van der Waals surface area contributed by atoms with Gasteiger partial charge in [0, 0.05) is 38.1 Å². The van der Waals surface area contributed by atoms with Gasteiger partial charge < -0.3 is 9.71 Å². The monoisotopic (exact) mass is 684 g/mol. The molecule has 5 heterocycles. The number of hydrogen-bond donors (Lipinski definition) is 0. The lowest BCUT2D eigenvalue weighted by molar-refractivity contribution is 0.590. The van der Waals surface area contributed by atoms with E-state index in [0.29, 0.717) is 0 Å². The van der Waals surface area contributed by atoms with E-state index in [1.54, 1.807) is 0 Å². The van der Waals surface area contributed by atoms with Gasteiger partial charge in [0.15, 0.2) is 8.07 Å². The quantitative estimate of drug-likeness (QED) is 0.151. The highest BCUT2D eigenvalue weighted by Gasteiger charge is 2.57. The summed E-state index contributed by atoms with van der Waals surface area (Å²) in [6.45, 7) is 7.12. The van der Waals surface area contributed by atoms with Crippen molar-refractivity contribution in [3.05, 3.63) is 151 Å². The summed E-state index contributed by atoms with van der Waals surface area (Å²) in [5.74, 6) is 0. The number of nitrogens with zero attached hydrogens (tertiary/aromatic N) is 2. The molecule has 0 unspecified atom stereocenters. The predicted molar refractivity (Wildman–Crippen MR) is 219 cm³/mol. The Balaban J connectivity index is 1.27. The van der Waals surface area contributed by atoms with E-state index < -0.39 is 8.07 Å². The van der Waals surface area contributed by atoms with Gasteiger partial charge in [-0.15, -0.1) is 0 Å². The molecule has 0 N–H and O–H groups in total. The van der Waals surface area contributed by atoms with Gasteiger partial charge in [0.05, 0.1) is 5.69 Å². The SMILES string of the molecule is CC(C)(C)c1cc2c3c(c1)N1c4ccccc4[Si]4(c5ccccc5-c5ccccc54)c4cccc(c41)B3N1c3ccccc3Sc3cccc-2c31. The molecule has 0 aliphatic carbocycles. The summed E-state index contributed by atoms with van der Waals surface area (Å²) in [4.78, 5) is 8.05. The summed E-state index contributed by atoms with van der Waals surface area (Å²) in [6, 6.07) is 56.4. The molecule has 0 fully saturated rings. The van der Waals surface area contributed by atoms with Crippen molar-refractivity contribution in [2.24, 2.45) is 0 Å². The van der Waals surface area contributed by atoms with Gasteiger partial charge in [-0.1, -0.05) is 148 Å². The maximum absolute atomic E-state index is 2.71. The van der Waals surface area contributed by atoms with E-state index in [9.17, 15) is 0 Å². The van der Waals surface area contributed by atoms with Crippen LogP contribution < -0.4 is 41.4 Å². The first-order chi connectivity index (χ1) is 25.0. The molecule has 2 nitrogen and oxygen atoms in total. The predicted octanol–water partition coefficient (Wildman–Crippen LogP) is 7.83. The molecule has 0 saturated heterocycles.